The largest absolute Gasteiger partial charge is 0.329 e. The third kappa shape index (κ3) is 4.14. The topological polar surface area (TPSA) is 68.8 Å². The first-order valence-electron chi connectivity index (χ1n) is 10.5. The van der Waals surface area contributed by atoms with E-state index < -0.39 is 11.6 Å². The van der Waals surface area contributed by atoms with Crippen LogP contribution in [0.5, 0.6) is 0 Å². The van der Waals surface area contributed by atoms with Crippen molar-refractivity contribution < 1.29 is 8.78 Å². The molecule has 168 valence electrons. The van der Waals surface area contributed by atoms with E-state index in [-0.39, 0.29) is 16.5 Å². The highest BCUT2D eigenvalue weighted by atomic mass is 19.2. The van der Waals surface area contributed by atoms with Crippen LogP contribution in [0.3, 0.4) is 0 Å². The van der Waals surface area contributed by atoms with Crippen LogP contribution in [0.25, 0.3) is 22.0 Å². The van der Waals surface area contributed by atoms with Gasteiger partial charge in [-0.3, -0.25) is 15.4 Å². The second-order valence-corrected chi connectivity index (χ2v) is 8.98. The van der Waals surface area contributed by atoms with Crippen molar-refractivity contribution in [1.82, 2.24) is 9.55 Å². The molecule has 0 radical (unpaired) electrons. The molecule has 1 heterocycles. The van der Waals surface area contributed by atoms with Crippen molar-refractivity contribution in [1.29, 1.82) is 10.8 Å². The molecule has 1 aromatic heterocycles. The van der Waals surface area contributed by atoms with Crippen LogP contribution in [-0.4, -0.2) is 22.9 Å². The molecule has 3 aromatic carbocycles. The third-order valence-electron chi connectivity index (χ3n) is 5.74. The van der Waals surface area contributed by atoms with E-state index in [4.69, 9.17) is 10.8 Å². The van der Waals surface area contributed by atoms with Gasteiger partial charge in [-0.15, -0.1) is 0 Å². The van der Waals surface area contributed by atoms with Crippen molar-refractivity contribution in [2.24, 2.45) is 0 Å². The van der Waals surface area contributed by atoms with E-state index in [9.17, 15) is 8.78 Å². The quantitative estimate of drug-likeness (QED) is 0.300. The lowest BCUT2D eigenvalue weighted by molar-refractivity contribution is 0.510. The highest BCUT2D eigenvalue weighted by Crippen LogP contribution is 2.32. The van der Waals surface area contributed by atoms with Crippen LogP contribution in [-0.2, 0) is 5.41 Å². The minimum absolute atomic E-state index is 0.0662. The molecule has 0 aliphatic carbocycles. The molecule has 0 aliphatic heterocycles. The van der Waals surface area contributed by atoms with Gasteiger partial charge >= 0.3 is 0 Å². The maximum atomic E-state index is 14.1. The van der Waals surface area contributed by atoms with Crippen LogP contribution in [0.4, 0.5) is 20.3 Å². The summed E-state index contributed by atoms with van der Waals surface area (Å²) in [4.78, 5) is 6.01. The highest BCUT2D eigenvalue weighted by molar-refractivity contribution is 5.94. The standard InChI is InChI=1S/C26H25F2N5/c1-26(2,3)18-10-8-16(9-11-18)17-6-5-7-19(12-17)32(4)24-20-13-21(27)22(28)14-23(20)33(15-29)25(30)31-24/h5-15,29-30H,1-4H3. The Balaban J connectivity index is 1.81. The van der Waals surface area contributed by atoms with E-state index in [2.05, 4.69) is 50.0 Å². The number of rotatable bonds is 4. The fourth-order valence-corrected chi connectivity index (χ4v) is 3.81. The van der Waals surface area contributed by atoms with Crippen LogP contribution >= 0.6 is 0 Å². The van der Waals surface area contributed by atoms with Gasteiger partial charge in [0.25, 0.3) is 0 Å². The molecule has 0 fully saturated rings. The number of nitrogens with one attached hydrogen (secondary N) is 2. The van der Waals surface area contributed by atoms with Gasteiger partial charge in [0, 0.05) is 24.2 Å². The van der Waals surface area contributed by atoms with Gasteiger partial charge in [-0.2, -0.15) is 4.98 Å². The van der Waals surface area contributed by atoms with Gasteiger partial charge in [-0.1, -0.05) is 57.2 Å². The highest BCUT2D eigenvalue weighted by Gasteiger charge is 2.17. The zero-order chi connectivity index (χ0) is 23.9. The van der Waals surface area contributed by atoms with Crippen molar-refractivity contribution in [2.45, 2.75) is 26.2 Å². The molecular formula is C26H25F2N5. The molecule has 5 nitrogen and oxygen atoms in total. The van der Waals surface area contributed by atoms with Crippen molar-refractivity contribution in [3.63, 3.8) is 0 Å². The van der Waals surface area contributed by atoms with E-state index in [1.165, 1.54) is 5.56 Å². The summed E-state index contributed by atoms with van der Waals surface area (Å²) < 4.78 is 29.1. The molecule has 4 aromatic rings. The number of anilines is 2. The lowest BCUT2D eigenvalue weighted by Crippen LogP contribution is -2.26. The maximum absolute atomic E-state index is 14.1. The van der Waals surface area contributed by atoms with Gasteiger partial charge in [-0.05, 0) is 40.3 Å². The molecule has 0 atom stereocenters. The Morgan fingerprint density at radius 3 is 2.24 bits per heavy atom. The van der Waals surface area contributed by atoms with E-state index >= 15 is 0 Å². The Bertz CT molecular complexity index is 1420. The monoisotopic (exact) mass is 445 g/mol. The predicted octanol–water partition coefficient (Wildman–Crippen LogP) is 5.98. The average Bonchev–Trinajstić information content (AvgIpc) is 2.79. The Hall–Kier alpha value is -3.87. The van der Waals surface area contributed by atoms with Crippen LogP contribution in [0.2, 0.25) is 0 Å². The van der Waals surface area contributed by atoms with Gasteiger partial charge in [0.05, 0.1) is 11.9 Å². The fourth-order valence-electron chi connectivity index (χ4n) is 3.81. The maximum Gasteiger partial charge on any atom is 0.229 e. The Morgan fingerprint density at radius 2 is 1.61 bits per heavy atom. The summed E-state index contributed by atoms with van der Waals surface area (Å²) in [5, 5.41) is 16.0. The molecule has 0 saturated heterocycles. The predicted molar refractivity (Wildman–Crippen MR) is 128 cm³/mol. The molecule has 0 spiro atoms. The minimum atomic E-state index is -1.04. The number of hydrogen-bond acceptors (Lipinski definition) is 4. The van der Waals surface area contributed by atoms with Gasteiger partial charge < -0.3 is 4.90 Å². The van der Waals surface area contributed by atoms with E-state index in [0.29, 0.717) is 11.2 Å². The van der Waals surface area contributed by atoms with Gasteiger partial charge in [0.2, 0.25) is 5.62 Å². The van der Waals surface area contributed by atoms with Crippen LogP contribution in [0, 0.1) is 22.5 Å². The number of fused-ring (bicyclic) bond motifs is 1. The van der Waals surface area contributed by atoms with Crippen molar-refractivity contribution in [3.8, 4) is 11.1 Å². The summed E-state index contributed by atoms with van der Waals surface area (Å²) in [7, 11) is 1.76. The molecule has 0 saturated carbocycles. The van der Waals surface area contributed by atoms with Crippen molar-refractivity contribution in [3.05, 3.63) is 83.5 Å². The number of halogens is 2. The Kier molecular flexibility index (Phi) is 5.57. The number of hydrogen-bond donors (Lipinski definition) is 2. The van der Waals surface area contributed by atoms with Crippen molar-refractivity contribution >= 4 is 28.7 Å². The molecule has 0 unspecified atom stereocenters. The second kappa shape index (κ2) is 8.24. The zero-order valence-corrected chi connectivity index (χ0v) is 18.9. The molecule has 2 N–H and O–H groups in total. The first-order valence-corrected chi connectivity index (χ1v) is 10.5. The molecule has 0 amide bonds. The van der Waals surface area contributed by atoms with Crippen LogP contribution < -0.4 is 10.5 Å². The molecule has 7 heteroatoms. The normalized spacial score (nSPS) is 11.6. The first-order chi connectivity index (χ1) is 15.6. The van der Waals surface area contributed by atoms with E-state index in [1.807, 2.05) is 24.3 Å². The lowest BCUT2D eigenvalue weighted by atomic mass is 9.86. The molecular weight excluding hydrogens is 420 g/mol. The Morgan fingerprint density at radius 1 is 0.939 bits per heavy atom. The van der Waals surface area contributed by atoms with Gasteiger partial charge in [-0.25, -0.2) is 8.78 Å². The summed E-state index contributed by atoms with van der Waals surface area (Å²) >= 11 is 0. The smallest absolute Gasteiger partial charge is 0.229 e. The minimum Gasteiger partial charge on any atom is -0.329 e. The zero-order valence-electron chi connectivity index (χ0n) is 18.9. The summed E-state index contributed by atoms with van der Waals surface area (Å²) in [6.45, 7) is 6.52. The number of nitrogens with zero attached hydrogens (tertiary/aromatic N) is 3. The average molecular weight is 446 g/mol. The molecule has 0 aliphatic rings. The summed E-state index contributed by atoms with van der Waals surface area (Å²) in [6, 6.07) is 18.3. The number of aromatic nitrogens is 2. The molecule has 0 bridgehead atoms. The first kappa shape index (κ1) is 22.3. The van der Waals surface area contributed by atoms with Crippen LogP contribution in [0.1, 0.15) is 26.3 Å². The van der Waals surface area contributed by atoms with Crippen LogP contribution in [0.15, 0.2) is 60.7 Å². The second-order valence-electron chi connectivity index (χ2n) is 8.98. The molecule has 4 rings (SSSR count). The van der Waals surface area contributed by atoms with Gasteiger partial charge in [0.1, 0.15) is 5.82 Å². The number of benzene rings is 3. The summed E-state index contributed by atoms with van der Waals surface area (Å²) in [5.74, 6) is -1.76. The Labute approximate surface area is 191 Å². The molecule has 33 heavy (non-hydrogen) atoms. The SMILES string of the molecule is CN(c1cccc(-c2ccc(C(C)(C)C)cc2)c1)c1nc(=N)n(C=N)c2cc(F)c(F)cc12. The summed E-state index contributed by atoms with van der Waals surface area (Å²) in [5.41, 5.74) is 4.09. The fraction of sp³-hybridized carbons (Fsp3) is 0.192. The van der Waals surface area contributed by atoms with E-state index in [1.54, 1.807) is 11.9 Å². The van der Waals surface area contributed by atoms with Crippen molar-refractivity contribution in [2.75, 3.05) is 11.9 Å². The lowest BCUT2D eigenvalue weighted by Gasteiger charge is -2.22. The van der Waals surface area contributed by atoms with Gasteiger partial charge in [0.15, 0.2) is 11.6 Å². The van der Waals surface area contributed by atoms with E-state index in [0.717, 1.165) is 39.9 Å². The summed E-state index contributed by atoms with van der Waals surface area (Å²) in [6.07, 6.45) is 0.862. The third-order valence-corrected chi connectivity index (χ3v) is 5.74.